The number of nitrogens with one attached hydrogen (secondary N) is 1. The summed E-state index contributed by atoms with van der Waals surface area (Å²) < 4.78 is 4.98. The van der Waals surface area contributed by atoms with E-state index in [4.69, 9.17) is 15.9 Å². The van der Waals surface area contributed by atoms with Crippen molar-refractivity contribution in [3.63, 3.8) is 0 Å². The topological polar surface area (TPSA) is 72.0 Å². The Hall–Kier alpha value is -1.07. The van der Waals surface area contributed by atoms with Gasteiger partial charge in [-0.25, -0.2) is 4.98 Å². The predicted molar refractivity (Wildman–Crippen MR) is 67.2 cm³/mol. The van der Waals surface area contributed by atoms with Crippen molar-refractivity contribution in [2.45, 2.75) is 18.4 Å². The molecule has 0 aliphatic heterocycles. The van der Waals surface area contributed by atoms with Gasteiger partial charge < -0.3 is 10.5 Å². The van der Waals surface area contributed by atoms with Gasteiger partial charge in [-0.1, -0.05) is 0 Å². The predicted octanol–water partition coefficient (Wildman–Crippen LogP) is 1.80. The molecule has 0 saturated heterocycles. The average molecular weight is 239 g/mol. The van der Waals surface area contributed by atoms with Gasteiger partial charge in [0.25, 0.3) is 0 Å². The minimum Gasteiger partial charge on any atom is -0.385 e. The van der Waals surface area contributed by atoms with Gasteiger partial charge in [0.1, 0.15) is 5.84 Å². The summed E-state index contributed by atoms with van der Waals surface area (Å²) in [6, 6.07) is 3.67. The monoisotopic (exact) mass is 239 g/mol. The smallest absolute Gasteiger partial charge is 0.122 e. The van der Waals surface area contributed by atoms with Gasteiger partial charge in [-0.15, -0.1) is 11.8 Å². The average Bonchev–Trinajstić information content (AvgIpc) is 2.23. The third-order valence-electron chi connectivity index (χ3n) is 1.98. The lowest BCUT2D eigenvalue weighted by Crippen LogP contribution is -2.11. The van der Waals surface area contributed by atoms with E-state index in [0.29, 0.717) is 0 Å². The van der Waals surface area contributed by atoms with Gasteiger partial charge in [0, 0.05) is 30.7 Å². The van der Waals surface area contributed by atoms with E-state index in [-0.39, 0.29) is 5.84 Å². The Morgan fingerprint density at radius 3 is 2.94 bits per heavy atom. The molecule has 4 nitrogen and oxygen atoms in total. The van der Waals surface area contributed by atoms with Crippen LogP contribution < -0.4 is 5.73 Å². The van der Waals surface area contributed by atoms with Crippen LogP contribution in [-0.2, 0) is 4.74 Å². The van der Waals surface area contributed by atoms with Crippen LogP contribution in [0.1, 0.15) is 17.7 Å². The van der Waals surface area contributed by atoms with E-state index in [0.717, 1.165) is 35.1 Å². The van der Waals surface area contributed by atoms with E-state index >= 15 is 0 Å². The van der Waals surface area contributed by atoms with E-state index in [1.807, 2.05) is 19.1 Å². The molecule has 1 rings (SSSR count). The summed E-state index contributed by atoms with van der Waals surface area (Å²) in [5.74, 6) is 1.05. The second-order valence-corrected chi connectivity index (χ2v) is 4.56. The highest BCUT2D eigenvalue weighted by atomic mass is 32.2. The molecule has 0 aromatic carbocycles. The number of nitrogens with zero attached hydrogens (tertiary/aromatic N) is 1. The third-order valence-corrected chi connectivity index (χ3v) is 2.98. The van der Waals surface area contributed by atoms with Crippen molar-refractivity contribution >= 4 is 17.6 Å². The highest BCUT2D eigenvalue weighted by molar-refractivity contribution is 7.99. The van der Waals surface area contributed by atoms with E-state index in [9.17, 15) is 0 Å². The zero-order chi connectivity index (χ0) is 12.0. The summed E-state index contributed by atoms with van der Waals surface area (Å²) in [6.45, 7) is 2.67. The van der Waals surface area contributed by atoms with Crippen LogP contribution in [0.15, 0.2) is 17.2 Å². The maximum Gasteiger partial charge on any atom is 0.122 e. The number of amidine groups is 1. The summed E-state index contributed by atoms with van der Waals surface area (Å²) in [5, 5.41) is 8.31. The molecule has 0 spiro atoms. The fraction of sp³-hybridized carbons (Fsp3) is 0.455. The first kappa shape index (κ1) is 13.0. The summed E-state index contributed by atoms with van der Waals surface area (Å²) in [5.41, 5.74) is 7.08. The zero-order valence-electron chi connectivity index (χ0n) is 9.62. The third kappa shape index (κ3) is 4.20. The van der Waals surface area contributed by atoms with Crippen LogP contribution in [0.4, 0.5) is 0 Å². The Morgan fingerprint density at radius 2 is 2.31 bits per heavy atom. The Labute approximate surface area is 100 Å². The fourth-order valence-corrected chi connectivity index (χ4v) is 2.14. The first-order chi connectivity index (χ1) is 7.63. The molecular formula is C11H17N3OS. The Bertz CT molecular complexity index is 368. The zero-order valence-corrected chi connectivity index (χ0v) is 10.4. The first-order valence-corrected chi connectivity index (χ1v) is 6.07. The number of pyridine rings is 1. The maximum atomic E-state index is 7.39. The summed E-state index contributed by atoms with van der Waals surface area (Å²) in [6.07, 6.45) is 0.992. The maximum absolute atomic E-state index is 7.39. The number of ether oxygens (including phenoxy) is 1. The Kier molecular flexibility index (Phi) is 5.28. The lowest BCUT2D eigenvalue weighted by atomic mass is 10.2. The quantitative estimate of drug-likeness (QED) is 0.344. The molecule has 0 unspecified atom stereocenters. The Morgan fingerprint density at radius 1 is 1.56 bits per heavy atom. The van der Waals surface area contributed by atoms with Crippen molar-refractivity contribution in [2.75, 3.05) is 19.5 Å². The molecule has 0 aliphatic rings. The molecule has 0 saturated carbocycles. The van der Waals surface area contributed by atoms with E-state index < -0.39 is 0 Å². The lowest BCUT2D eigenvalue weighted by Gasteiger charge is -2.05. The van der Waals surface area contributed by atoms with Crippen LogP contribution in [-0.4, -0.2) is 30.3 Å². The SMILES string of the molecule is COCCCSc1cc(C(=N)N)cc(C)n1. The number of methoxy groups -OCH3 is 1. The molecule has 16 heavy (non-hydrogen) atoms. The lowest BCUT2D eigenvalue weighted by molar-refractivity contribution is 0.200. The first-order valence-electron chi connectivity index (χ1n) is 5.08. The van der Waals surface area contributed by atoms with Crippen LogP contribution in [0.5, 0.6) is 0 Å². The number of aryl methyl sites for hydroxylation is 1. The van der Waals surface area contributed by atoms with Crippen LogP contribution in [0.3, 0.4) is 0 Å². The Balaban J connectivity index is 2.62. The van der Waals surface area contributed by atoms with Gasteiger partial charge in [-0.2, -0.15) is 0 Å². The number of nitrogen functional groups attached to an aromatic ring is 1. The molecule has 1 heterocycles. The molecule has 3 N–H and O–H groups in total. The second-order valence-electron chi connectivity index (χ2n) is 3.44. The molecule has 0 amide bonds. The molecule has 0 radical (unpaired) electrons. The number of hydrogen-bond donors (Lipinski definition) is 2. The van der Waals surface area contributed by atoms with Crippen molar-refractivity contribution in [3.8, 4) is 0 Å². The highest BCUT2D eigenvalue weighted by Crippen LogP contribution is 2.18. The number of thioether (sulfide) groups is 1. The molecule has 1 aromatic rings. The van der Waals surface area contributed by atoms with Gasteiger partial charge in [-0.3, -0.25) is 5.41 Å². The van der Waals surface area contributed by atoms with Gasteiger partial charge in [0.2, 0.25) is 0 Å². The summed E-state index contributed by atoms with van der Waals surface area (Å²) in [4.78, 5) is 4.38. The molecule has 0 bridgehead atoms. The van der Waals surface area contributed by atoms with Crippen LogP contribution in [0.25, 0.3) is 0 Å². The molecule has 0 aliphatic carbocycles. The van der Waals surface area contributed by atoms with E-state index in [1.54, 1.807) is 18.9 Å². The van der Waals surface area contributed by atoms with Gasteiger partial charge in [0.05, 0.1) is 5.03 Å². The van der Waals surface area contributed by atoms with Gasteiger partial charge in [0.15, 0.2) is 0 Å². The molecule has 0 fully saturated rings. The molecule has 0 atom stereocenters. The standard InChI is InChI=1S/C11H17N3OS/c1-8-6-9(11(12)13)7-10(14-8)16-5-3-4-15-2/h6-7H,3-5H2,1-2H3,(H3,12,13). The van der Waals surface area contributed by atoms with Crippen molar-refractivity contribution < 1.29 is 4.74 Å². The number of hydrogen-bond acceptors (Lipinski definition) is 4. The largest absolute Gasteiger partial charge is 0.385 e. The van der Waals surface area contributed by atoms with E-state index in [1.165, 1.54) is 0 Å². The van der Waals surface area contributed by atoms with Crippen molar-refractivity contribution in [1.29, 1.82) is 5.41 Å². The molecular weight excluding hydrogens is 222 g/mol. The van der Waals surface area contributed by atoms with Crippen LogP contribution >= 0.6 is 11.8 Å². The van der Waals surface area contributed by atoms with Crippen molar-refractivity contribution in [2.24, 2.45) is 5.73 Å². The normalized spacial score (nSPS) is 10.4. The molecule has 5 heteroatoms. The summed E-state index contributed by atoms with van der Waals surface area (Å²) in [7, 11) is 1.70. The summed E-state index contributed by atoms with van der Waals surface area (Å²) >= 11 is 1.66. The second kappa shape index (κ2) is 6.50. The van der Waals surface area contributed by atoms with Crippen molar-refractivity contribution in [1.82, 2.24) is 4.98 Å². The van der Waals surface area contributed by atoms with Crippen LogP contribution in [0.2, 0.25) is 0 Å². The fourth-order valence-electron chi connectivity index (χ4n) is 1.25. The van der Waals surface area contributed by atoms with Gasteiger partial charge in [-0.05, 0) is 25.5 Å². The molecule has 88 valence electrons. The van der Waals surface area contributed by atoms with Crippen molar-refractivity contribution in [3.05, 3.63) is 23.4 Å². The van der Waals surface area contributed by atoms with Crippen LogP contribution in [0, 0.1) is 12.3 Å². The molecule has 1 aromatic heterocycles. The minimum absolute atomic E-state index is 0.0873. The number of rotatable bonds is 6. The van der Waals surface area contributed by atoms with E-state index in [2.05, 4.69) is 4.98 Å². The number of aromatic nitrogens is 1. The minimum atomic E-state index is 0.0873. The van der Waals surface area contributed by atoms with Gasteiger partial charge >= 0.3 is 0 Å². The number of nitrogens with two attached hydrogens (primary N) is 1. The highest BCUT2D eigenvalue weighted by Gasteiger charge is 2.03.